The minimum atomic E-state index is -0.247. The van der Waals surface area contributed by atoms with Gasteiger partial charge in [0, 0.05) is 22.3 Å². The molecule has 5 nitrogen and oxygen atoms in total. The van der Waals surface area contributed by atoms with Gasteiger partial charge in [0.15, 0.2) is 0 Å². The number of amides is 2. The van der Waals surface area contributed by atoms with E-state index in [-0.39, 0.29) is 12.1 Å². The van der Waals surface area contributed by atoms with E-state index in [0.717, 1.165) is 41.1 Å². The van der Waals surface area contributed by atoms with Crippen LogP contribution in [0.4, 0.5) is 10.5 Å². The highest BCUT2D eigenvalue weighted by molar-refractivity contribution is 7.15. The number of fused-ring (bicyclic) bond motifs is 5. The summed E-state index contributed by atoms with van der Waals surface area (Å²) in [6.45, 7) is 2.61. The van der Waals surface area contributed by atoms with Crippen molar-refractivity contribution in [2.75, 3.05) is 12.4 Å². The second kappa shape index (κ2) is 8.93. The van der Waals surface area contributed by atoms with Gasteiger partial charge in [-0.15, -0.1) is 11.3 Å². The number of hydrogen-bond donors (Lipinski definition) is 1. The zero-order chi connectivity index (χ0) is 23.9. The number of carbonyl (C=O) groups is 1. The van der Waals surface area contributed by atoms with E-state index in [1.807, 2.05) is 65.6 Å². The molecule has 6 rings (SSSR count). The minimum Gasteiger partial charge on any atom is -0.497 e. The van der Waals surface area contributed by atoms with Crippen LogP contribution in [0, 0.1) is 6.92 Å². The zero-order valence-corrected chi connectivity index (χ0v) is 20.9. The molecule has 1 unspecified atom stereocenters. The third kappa shape index (κ3) is 3.92. The fourth-order valence-corrected chi connectivity index (χ4v) is 6.87. The van der Waals surface area contributed by atoms with Crippen molar-refractivity contribution in [3.8, 4) is 10.8 Å². The molecule has 2 aromatic carbocycles. The van der Waals surface area contributed by atoms with E-state index in [9.17, 15) is 4.79 Å². The van der Waals surface area contributed by atoms with Crippen LogP contribution in [-0.4, -0.2) is 22.6 Å². The Morgan fingerprint density at radius 2 is 1.89 bits per heavy atom. The van der Waals surface area contributed by atoms with Crippen LogP contribution in [0.15, 0.2) is 66.9 Å². The highest BCUT2D eigenvalue weighted by atomic mass is 32.1. The number of thiophene rings is 1. The normalized spacial score (nSPS) is 16.6. The number of rotatable bonds is 3. The van der Waals surface area contributed by atoms with Gasteiger partial charge in [0.1, 0.15) is 10.8 Å². The molecule has 0 radical (unpaired) electrons. The largest absolute Gasteiger partial charge is 0.497 e. The van der Waals surface area contributed by atoms with Gasteiger partial charge < -0.3 is 19.5 Å². The fraction of sp³-hybridized carbons (Fsp3) is 0.276. The summed E-state index contributed by atoms with van der Waals surface area (Å²) < 4.78 is 7.86. The Morgan fingerprint density at radius 3 is 2.74 bits per heavy atom. The predicted molar refractivity (Wildman–Crippen MR) is 141 cm³/mol. The van der Waals surface area contributed by atoms with Crippen molar-refractivity contribution in [2.45, 2.75) is 45.2 Å². The molecule has 178 valence electrons. The van der Waals surface area contributed by atoms with E-state index in [0.29, 0.717) is 6.54 Å². The molecule has 0 spiro atoms. The molecule has 0 saturated carbocycles. The molecular formula is C29H29N3O2S. The van der Waals surface area contributed by atoms with Gasteiger partial charge in [0.05, 0.1) is 25.4 Å². The van der Waals surface area contributed by atoms with Crippen LogP contribution in [0.25, 0.3) is 5.00 Å². The number of anilines is 1. The van der Waals surface area contributed by atoms with Gasteiger partial charge in [-0.1, -0.05) is 24.3 Å². The average Bonchev–Trinajstić information content (AvgIpc) is 3.46. The third-order valence-corrected chi connectivity index (χ3v) is 8.45. The van der Waals surface area contributed by atoms with Crippen LogP contribution in [0.5, 0.6) is 5.75 Å². The lowest BCUT2D eigenvalue weighted by atomic mass is 9.95. The molecule has 1 N–H and O–H groups in total. The third-order valence-electron chi connectivity index (χ3n) is 7.12. The average molecular weight is 484 g/mol. The number of ether oxygens (including phenoxy) is 1. The molecule has 4 aromatic rings. The number of aryl methyl sites for hydroxylation is 2. The molecule has 2 amide bonds. The van der Waals surface area contributed by atoms with Gasteiger partial charge in [-0.2, -0.15) is 0 Å². The van der Waals surface area contributed by atoms with E-state index in [1.54, 1.807) is 7.11 Å². The Hall–Kier alpha value is -3.51. The van der Waals surface area contributed by atoms with Crippen molar-refractivity contribution in [1.82, 2.24) is 9.47 Å². The van der Waals surface area contributed by atoms with E-state index >= 15 is 0 Å². The summed E-state index contributed by atoms with van der Waals surface area (Å²) in [5.41, 5.74) is 6.81. The van der Waals surface area contributed by atoms with Crippen molar-refractivity contribution in [3.63, 3.8) is 0 Å². The summed E-state index contributed by atoms with van der Waals surface area (Å²) >= 11 is 1.90. The maximum absolute atomic E-state index is 14.0. The highest BCUT2D eigenvalue weighted by Crippen LogP contribution is 2.44. The first-order chi connectivity index (χ1) is 17.1. The van der Waals surface area contributed by atoms with Gasteiger partial charge in [-0.25, -0.2) is 4.79 Å². The summed E-state index contributed by atoms with van der Waals surface area (Å²) in [5, 5.41) is 4.44. The Morgan fingerprint density at radius 1 is 1.03 bits per heavy atom. The van der Waals surface area contributed by atoms with E-state index in [1.165, 1.54) is 33.8 Å². The van der Waals surface area contributed by atoms with Gasteiger partial charge in [0.25, 0.3) is 0 Å². The lowest BCUT2D eigenvalue weighted by Gasteiger charge is -2.31. The Balaban J connectivity index is 1.50. The van der Waals surface area contributed by atoms with Gasteiger partial charge in [-0.3, -0.25) is 0 Å². The molecule has 0 bridgehead atoms. The quantitative estimate of drug-likeness (QED) is 0.346. The lowest BCUT2D eigenvalue weighted by molar-refractivity contribution is 0.194. The number of carbonyl (C=O) groups excluding carboxylic acids is 1. The number of methoxy groups -OCH3 is 1. The minimum absolute atomic E-state index is 0.0974. The van der Waals surface area contributed by atoms with E-state index < -0.39 is 0 Å². The van der Waals surface area contributed by atoms with Gasteiger partial charge >= 0.3 is 6.03 Å². The SMILES string of the molecule is COc1cccc(C2c3cccn3-c3sc4c(c3CN2C(=O)Nc2cccc(C)c2)CCCC4)c1. The molecule has 1 aliphatic heterocycles. The first kappa shape index (κ1) is 22.0. The molecule has 0 saturated heterocycles. The summed E-state index contributed by atoms with van der Waals surface area (Å²) in [7, 11) is 1.68. The summed E-state index contributed by atoms with van der Waals surface area (Å²) in [4.78, 5) is 17.5. The van der Waals surface area contributed by atoms with Crippen LogP contribution in [0.2, 0.25) is 0 Å². The molecule has 3 heterocycles. The molecule has 6 heteroatoms. The monoisotopic (exact) mass is 483 g/mol. The number of nitrogens with zero attached hydrogens (tertiary/aromatic N) is 2. The maximum Gasteiger partial charge on any atom is 0.322 e. The van der Waals surface area contributed by atoms with Crippen molar-refractivity contribution in [1.29, 1.82) is 0 Å². The number of urea groups is 1. The number of hydrogen-bond acceptors (Lipinski definition) is 3. The molecule has 2 aliphatic rings. The van der Waals surface area contributed by atoms with E-state index in [4.69, 9.17) is 4.74 Å². The smallest absolute Gasteiger partial charge is 0.322 e. The second-order valence-electron chi connectivity index (χ2n) is 9.40. The first-order valence-electron chi connectivity index (χ1n) is 12.2. The Labute approximate surface area is 210 Å². The maximum atomic E-state index is 14.0. The second-order valence-corrected chi connectivity index (χ2v) is 10.5. The fourth-order valence-electron chi connectivity index (χ4n) is 5.47. The van der Waals surface area contributed by atoms with Crippen LogP contribution in [-0.2, 0) is 19.4 Å². The number of benzene rings is 2. The topological polar surface area (TPSA) is 46.5 Å². The molecule has 1 aliphatic carbocycles. The first-order valence-corrected chi connectivity index (χ1v) is 13.0. The molecule has 1 atom stereocenters. The van der Waals surface area contributed by atoms with Crippen LogP contribution < -0.4 is 10.1 Å². The predicted octanol–water partition coefficient (Wildman–Crippen LogP) is 6.87. The number of nitrogens with one attached hydrogen (secondary N) is 1. The van der Waals surface area contributed by atoms with Crippen LogP contribution >= 0.6 is 11.3 Å². The standard InChI is InChI=1S/C29H29N3O2S/c1-19-8-5-10-21(16-19)30-29(33)32-18-24-23-12-3-4-14-26(23)35-28(24)31-15-7-13-25(31)27(32)20-9-6-11-22(17-20)34-2/h5-11,13,15-17,27H,3-4,12,14,18H2,1-2H3,(H,30,33). The Bertz CT molecular complexity index is 1400. The van der Waals surface area contributed by atoms with Crippen molar-refractivity contribution in [2.24, 2.45) is 0 Å². The van der Waals surface area contributed by atoms with Crippen molar-refractivity contribution < 1.29 is 9.53 Å². The van der Waals surface area contributed by atoms with Crippen molar-refractivity contribution >= 4 is 23.1 Å². The van der Waals surface area contributed by atoms with Gasteiger partial charge in [0.2, 0.25) is 0 Å². The molecule has 0 fully saturated rings. The molecule has 35 heavy (non-hydrogen) atoms. The van der Waals surface area contributed by atoms with Crippen LogP contribution in [0.3, 0.4) is 0 Å². The zero-order valence-electron chi connectivity index (χ0n) is 20.1. The van der Waals surface area contributed by atoms with Crippen LogP contribution in [0.1, 0.15) is 51.7 Å². The molecule has 2 aromatic heterocycles. The summed E-state index contributed by atoms with van der Waals surface area (Å²) in [6.07, 6.45) is 6.83. The molecular weight excluding hydrogens is 454 g/mol. The lowest BCUT2D eigenvalue weighted by Crippen LogP contribution is -2.38. The summed E-state index contributed by atoms with van der Waals surface area (Å²) in [5.74, 6) is 0.788. The summed E-state index contributed by atoms with van der Waals surface area (Å²) in [6, 6.07) is 19.9. The number of aromatic nitrogens is 1. The van der Waals surface area contributed by atoms with E-state index in [2.05, 4.69) is 34.3 Å². The Kier molecular flexibility index (Phi) is 5.61. The van der Waals surface area contributed by atoms with Gasteiger partial charge in [-0.05, 0) is 85.7 Å². The highest BCUT2D eigenvalue weighted by Gasteiger charge is 2.36. The van der Waals surface area contributed by atoms with Crippen molar-refractivity contribution in [3.05, 3.63) is 99.7 Å².